The molecule has 110 valence electrons. The van der Waals surface area contributed by atoms with Crippen LogP contribution in [0.1, 0.15) is 35.3 Å². The highest BCUT2D eigenvalue weighted by molar-refractivity contribution is 7.09. The Morgan fingerprint density at radius 3 is 2.95 bits per heavy atom. The molecule has 1 N–H and O–H groups in total. The minimum absolute atomic E-state index is 0.648. The van der Waals surface area contributed by atoms with Crippen LogP contribution in [0.25, 0.3) is 0 Å². The van der Waals surface area contributed by atoms with Gasteiger partial charge in [-0.25, -0.2) is 0 Å². The van der Waals surface area contributed by atoms with Crippen molar-refractivity contribution in [3.8, 4) is 0 Å². The molecule has 4 atom stereocenters. The average Bonchev–Trinajstić information content (AvgIpc) is 3.04. The predicted octanol–water partition coefficient (Wildman–Crippen LogP) is 4.24. The molecule has 1 aromatic heterocycles. The summed E-state index contributed by atoms with van der Waals surface area (Å²) in [5, 5.41) is 5.98. The fourth-order valence-corrected chi connectivity index (χ4v) is 5.19. The summed E-state index contributed by atoms with van der Waals surface area (Å²) in [6.07, 6.45) is 3.87. The molecule has 0 aliphatic heterocycles. The fourth-order valence-electron chi connectivity index (χ4n) is 4.42. The predicted molar refractivity (Wildman–Crippen MR) is 90.0 cm³/mol. The highest BCUT2D eigenvalue weighted by Crippen LogP contribution is 2.61. The molecule has 0 spiro atoms. The number of benzene rings is 1. The summed E-state index contributed by atoms with van der Waals surface area (Å²) in [6.45, 7) is 3.31. The molecule has 0 radical (unpaired) electrons. The second-order valence-electron chi connectivity index (χ2n) is 6.45. The minimum Gasteiger partial charge on any atom is -0.314 e. The number of hydrogen-bond donors (Lipinski definition) is 1. The van der Waals surface area contributed by atoms with Crippen molar-refractivity contribution < 1.29 is 0 Å². The smallest absolute Gasteiger partial charge is 0.0152 e. The summed E-state index contributed by atoms with van der Waals surface area (Å²) in [5.74, 6) is 2.58. The summed E-state index contributed by atoms with van der Waals surface area (Å²) < 4.78 is 0. The number of likely N-dealkylation sites (N-methyl/N-ethyl adjacent to an activating group) is 1. The normalized spacial score (nSPS) is 27.8. The zero-order valence-corrected chi connectivity index (χ0v) is 13.4. The monoisotopic (exact) mass is 297 g/mol. The molecule has 0 amide bonds. The highest BCUT2D eigenvalue weighted by atomic mass is 32.1. The molecule has 1 fully saturated rings. The lowest BCUT2D eigenvalue weighted by molar-refractivity contribution is 0.443. The summed E-state index contributed by atoms with van der Waals surface area (Å²) >= 11 is 1.90. The molecule has 1 nitrogen and oxygen atoms in total. The number of rotatable bonds is 5. The molecule has 0 saturated heterocycles. The molecule has 21 heavy (non-hydrogen) atoms. The third kappa shape index (κ3) is 2.45. The SMILES string of the molecule is CCNC(Cc1cccs1)C1C2CCc3ccccc3C21. The fraction of sp³-hybridized carbons (Fsp3) is 0.474. The van der Waals surface area contributed by atoms with Gasteiger partial charge in [0.2, 0.25) is 0 Å². The van der Waals surface area contributed by atoms with Gasteiger partial charge in [0, 0.05) is 10.9 Å². The maximum Gasteiger partial charge on any atom is 0.0152 e. The van der Waals surface area contributed by atoms with E-state index in [4.69, 9.17) is 0 Å². The molecule has 0 bridgehead atoms. The average molecular weight is 297 g/mol. The van der Waals surface area contributed by atoms with Crippen molar-refractivity contribution in [2.24, 2.45) is 11.8 Å². The van der Waals surface area contributed by atoms with Crippen LogP contribution in [-0.4, -0.2) is 12.6 Å². The number of hydrogen-bond acceptors (Lipinski definition) is 2. The van der Waals surface area contributed by atoms with Crippen LogP contribution in [0.15, 0.2) is 41.8 Å². The van der Waals surface area contributed by atoms with Crippen molar-refractivity contribution in [1.82, 2.24) is 5.32 Å². The van der Waals surface area contributed by atoms with E-state index >= 15 is 0 Å². The van der Waals surface area contributed by atoms with E-state index in [0.29, 0.717) is 6.04 Å². The van der Waals surface area contributed by atoms with Crippen LogP contribution in [0, 0.1) is 11.8 Å². The van der Waals surface area contributed by atoms with Gasteiger partial charge in [-0.2, -0.15) is 0 Å². The van der Waals surface area contributed by atoms with Gasteiger partial charge in [-0.1, -0.05) is 37.3 Å². The van der Waals surface area contributed by atoms with Gasteiger partial charge in [0.05, 0.1) is 0 Å². The van der Waals surface area contributed by atoms with Gasteiger partial charge in [0.15, 0.2) is 0 Å². The summed E-state index contributed by atoms with van der Waals surface area (Å²) in [5.41, 5.74) is 3.25. The van der Waals surface area contributed by atoms with Gasteiger partial charge in [-0.15, -0.1) is 11.3 Å². The van der Waals surface area contributed by atoms with E-state index < -0.39 is 0 Å². The van der Waals surface area contributed by atoms with Crippen molar-refractivity contribution in [2.75, 3.05) is 6.54 Å². The maximum absolute atomic E-state index is 3.78. The van der Waals surface area contributed by atoms with Gasteiger partial charge in [-0.3, -0.25) is 0 Å². The summed E-state index contributed by atoms with van der Waals surface area (Å²) in [7, 11) is 0. The van der Waals surface area contributed by atoms with Gasteiger partial charge < -0.3 is 5.32 Å². The van der Waals surface area contributed by atoms with Crippen molar-refractivity contribution in [3.05, 3.63) is 57.8 Å². The second-order valence-corrected chi connectivity index (χ2v) is 7.48. The molecular formula is C19H23NS. The number of nitrogens with one attached hydrogen (secondary N) is 1. The van der Waals surface area contributed by atoms with E-state index in [9.17, 15) is 0 Å². The zero-order chi connectivity index (χ0) is 14.2. The van der Waals surface area contributed by atoms with E-state index in [0.717, 1.165) is 24.3 Å². The largest absolute Gasteiger partial charge is 0.314 e. The molecule has 2 aromatic rings. The lowest BCUT2D eigenvalue weighted by Crippen LogP contribution is -2.33. The third-order valence-electron chi connectivity index (χ3n) is 5.32. The lowest BCUT2D eigenvalue weighted by atomic mass is 9.92. The Bertz CT molecular complexity index is 604. The van der Waals surface area contributed by atoms with Gasteiger partial charge in [0.25, 0.3) is 0 Å². The van der Waals surface area contributed by atoms with Crippen molar-refractivity contribution in [2.45, 2.75) is 38.1 Å². The number of aryl methyl sites for hydroxylation is 1. The Morgan fingerprint density at radius 2 is 2.14 bits per heavy atom. The van der Waals surface area contributed by atoms with Crippen molar-refractivity contribution in [1.29, 1.82) is 0 Å². The maximum atomic E-state index is 3.78. The molecule has 2 aliphatic rings. The molecule has 2 aliphatic carbocycles. The van der Waals surface area contributed by atoms with E-state index in [1.807, 2.05) is 11.3 Å². The Labute approximate surface area is 131 Å². The first-order chi connectivity index (χ1) is 10.4. The molecule has 4 rings (SSSR count). The first-order valence-corrected chi connectivity index (χ1v) is 9.10. The quantitative estimate of drug-likeness (QED) is 0.870. The Balaban J connectivity index is 1.56. The first kappa shape index (κ1) is 13.5. The zero-order valence-electron chi connectivity index (χ0n) is 12.6. The lowest BCUT2D eigenvalue weighted by Gasteiger charge is -2.17. The summed E-state index contributed by atoms with van der Waals surface area (Å²) in [6, 6.07) is 14.2. The Morgan fingerprint density at radius 1 is 1.24 bits per heavy atom. The van der Waals surface area contributed by atoms with Crippen LogP contribution in [0.3, 0.4) is 0 Å². The molecule has 1 heterocycles. The Kier molecular flexibility index (Phi) is 3.60. The van der Waals surface area contributed by atoms with E-state index in [-0.39, 0.29) is 0 Å². The van der Waals surface area contributed by atoms with E-state index in [1.165, 1.54) is 24.1 Å². The summed E-state index contributed by atoms with van der Waals surface area (Å²) in [4.78, 5) is 1.53. The molecule has 4 unspecified atom stereocenters. The topological polar surface area (TPSA) is 12.0 Å². The van der Waals surface area contributed by atoms with Crippen LogP contribution in [0.4, 0.5) is 0 Å². The minimum atomic E-state index is 0.648. The van der Waals surface area contributed by atoms with Crippen LogP contribution in [0.5, 0.6) is 0 Å². The molecular weight excluding hydrogens is 274 g/mol. The molecule has 1 aromatic carbocycles. The third-order valence-corrected chi connectivity index (χ3v) is 6.22. The van der Waals surface area contributed by atoms with E-state index in [1.54, 1.807) is 11.1 Å². The molecule has 1 saturated carbocycles. The first-order valence-electron chi connectivity index (χ1n) is 8.22. The molecule has 2 heteroatoms. The number of fused-ring (bicyclic) bond motifs is 3. The van der Waals surface area contributed by atoms with Crippen LogP contribution < -0.4 is 5.32 Å². The van der Waals surface area contributed by atoms with Crippen molar-refractivity contribution >= 4 is 11.3 Å². The van der Waals surface area contributed by atoms with Gasteiger partial charge >= 0.3 is 0 Å². The van der Waals surface area contributed by atoms with Crippen LogP contribution in [0.2, 0.25) is 0 Å². The Hall–Kier alpha value is -1.12. The van der Waals surface area contributed by atoms with Crippen molar-refractivity contribution in [3.63, 3.8) is 0 Å². The van der Waals surface area contributed by atoms with E-state index in [2.05, 4.69) is 54.0 Å². The van der Waals surface area contributed by atoms with Gasteiger partial charge in [0.1, 0.15) is 0 Å². The second kappa shape index (κ2) is 5.58. The van der Waals surface area contributed by atoms with Crippen LogP contribution >= 0.6 is 11.3 Å². The van der Waals surface area contributed by atoms with Crippen LogP contribution in [-0.2, 0) is 12.8 Å². The highest BCUT2D eigenvalue weighted by Gasteiger charge is 2.55. The van der Waals surface area contributed by atoms with Gasteiger partial charge in [-0.05, 0) is 66.1 Å². The standard InChI is InChI=1S/C19H23NS/c1-2-20-17(12-14-7-5-11-21-14)19-16-10-9-13-6-3-4-8-15(13)18(16)19/h3-8,11,16-20H,2,9-10,12H2,1H3. The number of thiophene rings is 1.